The summed E-state index contributed by atoms with van der Waals surface area (Å²) < 4.78 is 169. The van der Waals surface area contributed by atoms with Gasteiger partial charge in [-0.05, 0) is 310 Å². The summed E-state index contributed by atoms with van der Waals surface area (Å²) in [4.78, 5) is 0. The van der Waals surface area contributed by atoms with Gasteiger partial charge in [0.2, 0.25) is 0 Å². The third-order valence-electron chi connectivity index (χ3n) is 21.8. The average Bonchev–Trinajstić information content (AvgIpc) is 0.781. The van der Waals surface area contributed by atoms with Crippen LogP contribution in [0.15, 0.2) is 194 Å². The van der Waals surface area contributed by atoms with Crippen molar-refractivity contribution in [2.45, 2.75) is 285 Å². The molecule has 25 heteroatoms. The maximum Gasteiger partial charge on any atom is 0.416 e. The monoisotopic (exact) mass is 2170 g/mol. The Balaban J connectivity index is 0.000000781. The van der Waals surface area contributed by atoms with Crippen LogP contribution in [0.3, 0.4) is 0 Å². The van der Waals surface area contributed by atoms with E-state index in [0.29, 0.717) is 100 Å². The molecule has 0 heterocycles. The summed E-state index contributed by atoms with van der Waals surface area (Å²) >= 11 is 53.1. The van der Waals surface area contributed by atoms with Crippen LogP contribution in [0.25, 0.3) is 0 Å². The summed E-state index contributed by atoms with van der Waals surface area (Å²) in [6.45, 7) is 57.0. The van der Waals surface area contributed by atoms with Crippen molar-refractivity contribution in [2.75, 3.05) is 21.3 Å². The number of benzene rings is 12. The van der Waals surface area contributed by atoms with Crippen LogP contribution in [0.5, 0.6) is 17.2 Å². The fraction of sp³-hybridized carbons (Fsp3) is 0.390. The van der Waals surface area contributed by atoms with E-state index in [1.54, 1.807) is 89.6 Å². The van der Waals surface area contributed by atoms with Crippen LogP contribution in [-0.4, -0.2) is 26.4 Å². The molecule has 0 aliphatic carbocycles. The van der Waals surface area contributed by atoms with E-state index in [1.165, 1.54) is 54.1 Å². The van der Waals surface area contributed by atoms with E-state index < -0.39 is 29.2 Å². The highest BCUT2D eigenvalue weighted by Gasteiger charge is 2.32. The van der Waals surface area contributed by atoms with Gasteiger partial charge in [0.15, 0.2) is 0 Å². The molecule has 0 bridgehead atoms. The first-order valence-corrected chi connectivity index (χ1v) is 50.5. The Labute approximate surface area is 890 Å². The van der Waals surface area contributed by atoms with Crippen molar-refractivity contribution >= 4 is 104 Å². The van der Waals surface area contributed by atoms with Gasteiger partial charge >= 0.3 is 6.18 Å². The second kappa shape index (κ2) is 65.5. The van der Waals surface area contributed by atoms with Gasteiger partial charge in [-0.3, -0.25) is 0 Å². The van der Waals surface area contributed by atoms with Crippen LogP contribution >= 0.6 is 104 Å². The first kappa shape index (κ1) is 133. The topological polar surface area (TPSA) is 47.9 Å². The van der Waals surface area contributed by atoms with Gasteiger partial charge in [0, 0.05) is 53.4 Å². The quantitative estimate of drug-likeness (QED) is 0.0980. The molecular formula is C118H143Cl9F12O4. The highest BCUT2D eigenvalue weighted by Crippen LogP contribution is 2.40. The first-order valence-electron chi connectivity index (χ1n) is 47.1. The molecule has 0 unspecified atom stereocenters. The molecule has 0 fully saturated rings. The first-order chi connectivity index (χ1) is 66.4. The van der Waals surface area contributed by atoms with Crippen LogP contribution in [0.2, 0.25) is 45.2 Å². The molecule has 12 aromatic carbocycles. The number of ether oxygens (including phenoxy) is 3. The normalized spacial score (nSPS) is 10.8. The van der Waals surface area contributed by atoms with E-state index in [-0.39, 0.29) is 99.4 Å². The lowest BCUT2D eigenvalue weighted by Crippen LogP contribution is -2.07. The molecule has 12 rings (SSSR count). The second-order valence-electron chi connectivity index (χ2n) is 37.5. The van der Waals surface area contributed by atoms with Crippen molar-refractivity contribution in [2.24, 2.45) is 0 Å². The number of halogens is 21. The summed E-state index contributed by atoms with van der Waals surface area (Å²) in [6, 6.07) is 52.8. The highest BCUT2D eigenvalue weighted by molar-refractivity contribution is 6.42. The molecule has 0 aliphatic rings. The van der Waals surface area contributed by atoms with Gasteiger partial charge in [0.25, 0.3) is 0 Å². The molecular weight excluding hydrogens is 2030 g/mol. The lowest BCUT2D eigenvalue weighted by molar-refractivity contribution is -0.137. The lowest BCUT2D eigenvalue weighted by Gasteiger charge is -2.15. The molecule has 0 saturated heterocycles. The number of aryl methyl sites for hydroxylation is 5. The smallest absolute Gasteiger partial charge is 0.416 e. The van der Waals surface area contributed by atoms with Crippen LogP contribution in [0.1, 0.15) is 343 Å². The molecule has 0 atom stereocenters. The van der Waals surface area contributed by atoms with Gasteiger partial charge in [0.1, 0.15) is 69.6 Å². The van der Waals surface area contributed by atoms with Crippen molar-refractivity contribution in [1.29, 1.82) is 0 Å². The Morgan fingerprint density at radius 1 is 0.259 bits per heavy atom. The third-order valence-corrected chi connectivity index (χ3v) is 24.8. The molecule has 143 heavy (non-hydrogen) atoms. The molecule has 0 amide bonds. The van der Waals surface area contributed by atoms with Crippen molar-refractivity contribution in [3.8, 4) is 17.2 Å². The molecule has 1 N–H and O–H groups in total. The molecule has 0 radical (unpaired) electrons. The Morgan fingerprint density at radius 3 is 1.05 bits per heavy atom. The van der Waals surface area contributed by atoms with Crippen LogP contribution in [0.4, 0.5) is 52.7 Å². The number of alkyl halides is 3. The fourth-order valence-corrected chi connectivity index (χ4v) is 17.5. The van der Waals surface area contributed by atoms with Gasteiger partial charge in [-0.1, -0.05) is 337 Å². The molecule has 4 nitrogen and oxygen atoms in total. The fourth-order valence-electron chi connectivity index (χ4n) is 14.4. The van der Waals surface area contributed by atoms with Gasteiger partial charge in [-0.15, -0.1) is 0 Å². The average molecular weight is 2170 g/mol. The molecule has 0 saturated carbocycles. The Bertz CT molecular complexity index is 5690. The molecule has 0 aliphatic heterocycles. The second-order valence-corrected chi connectivity index (χ2v) is 41.2. The minimum atomic E-state index is -4.33. The van der Waals surface area contributed by atoms with Crippen molar-refractivity contribution in [3.63, 3.8) is 0 Å². The zero-order valence-corrected chi connectivity index (χ0v) is 95.0. The predicted molar refractivity (Wildman–Crippen MR) is 585 cm³/mol. The Hall–Kier alpha value is -8.23. The van der Waals surface area contributed by atoms with E-state index in [0.717, 1.165) is 83.2 Å². The summed E-state index contributed by atoms with van der Waals surface area (Å²) in [5.74, 6) is 1.44. The molecule has 12 aromatic rings. The van der Waals surface area contributed by atoms with Gasteiger partial charge < -0.3 is 19.3 Å². The zero-order chi connectivity index (χ0) is 110. The number of aliphatic hydroxyl groups is 1. The minimum Gasteiger partial charge on any atom is -0.497 e. The SMILES string of the molecule is CC(C)c1c(F)cc(F)cc1F.CC(C)c1c(F)cccc1CO.CC(C)c1c(F)cccc1Cl.CC(C)c1cc(Cl)ccc1F.COc1cc(C(C)C)c(F)cc1Cl.COc1ccc(C(C)C)c(Cl)c1.COc1ccc(Cl)c(C(C)C)c1.Cc1cc(C(F)(F)F)cc(Cl)c1C(C)C.Cc1ccc(C(C)C)c(Cl)c1.Cc1ccc(C(C)C)c(F)c1.Cc1ccc(Cl)c(Cl)c1C(C)C.Cc1cccc(F)c1C(C)C. The number of hydrogen-bond acceptors (Lipinski definition) is 4. The number of methoxy groups -OCH3 is 3. The molecule has 0 aromatic heterocycles. The summed E-state index contributed by atoms with van der Waals surface area (Å²) in [5, 5.41) is 14.4. The largest absolute Gasteiger partial charge is 0.497 e. The maximum atomic E-state index is 13.3. The van der Waals surface area contributed by atoms with E-state index in [1.807, 2.05) is 184 Å². The van der Waals surface area contributed by atoms with E-state index in [4.69, 9.17) is 124 Å². The van der Waals surface area contributed by atoms with Crippen molar-refractivity contribution < 1.29 is 72.0 Å². The van der Waals surface area contributed by atoms with Gasteiger partial charge in [-0.2, -0.15) is 13.2 Å². The number of hydrogen-bond donors (Lipinski definition) is 1. The Morgan fingerprint density at radius 2 is 0.664 bits per heavy atom. The van der Waals surface area contributed by atoms with Gasteiger partial charge in [-0.25, -0.2) is 39.5 Å². The maximum absolute atomic E-state index is 13.3. The summed E-state index contributed by atoms with van der Waals surface area (Å²) in [7, 11) is 4.82. The predicted octanol–water partition coefficient (Wildman–Crippen LogP) is 42.9. The van der Waals surface area contributed by atoms with Crippen LogP contribution in [0, 0.1) is 87.0 Å². The molecule has 786 valence electrons. The number of aliphatic hydroxyl groups excluding tert-OH is 1. The Kier molecular flexibility index (Phi) is 60.8. The van der Waals surface area contributed by atoms with Crippen LogP contribution in [-0.2, 0) is 12.8 Å². The lowest BCUT2D eigenvalue weighted by atomic mass is 9.96. The zero-order valence-electron chi connectivity index (χ0n) is 88.2. The van der Waals surface area contributed by atoms with E-state index in [2.05, 4.69) is 81.4 Å². The number of rotatable bonds is 16. The van der Waals surface area contributed by atoms with Crippen molar-refractivity contribution in [3.05, 3.63) is 397 Å². The molecule has 0 spiro atoms. The summed E-state index contributed by atoms with van der Waals surface area (Å²) in [5.41, 5.74) is 14.6. The van der Waals surface area contributed by atoms with E-state index >= 15 is 0 Å². The standard InChI is InChI=1S/C11H12ClF3.C10H12Cl2.C10H12ClFO.2C10H13ClO.C10H13Cl.C10H13FO.2C10H13F.2C9H10ClF.C9H9F3/c1-6(2)10-7(3)4-8(5-9(10)12)11(13,14)15;1-6(2)9-7(3)4-5-8(11)10(9)12;1-6(2)7-4-10(13-3)8(11)5-9(7)12;1-7(2)9-6-8(12-3)4-5-10(9)11;1-7(2)9-5-4-8(12-3)6-10(9)11;1-7(2)9-5-4-8(3)6-10(9)11;1-7(2)10-8(6-12)4-3-5-9(10)11;1-7(2)9-5-4-8(3)6-10(9)11;1-7(2)10-8(3)5-4-6-9(10)11;1-6(2)8-5-7(10)3-4-9(8)11;1-6(2)9-7(10)4-3-5-8(9)11;1-5(2)9-7(11)3-6(10)4-8(9)12/h4-6H,1-3H3;4-6H,1-3H3;4-6H,1-3H3;2*4-7H,1-3H3;4-7H,1-3H3;3-5,7,12H,6H2,1-2H3;2*4-7H,1-3H3;2*3-6H,1-2H3;3-5H,1-2H3. The van der Waals surface area contributed by atoms with E-state index in [9.17, 15) is 52.7 Å². The third kappa shape index (κ3) is 45.6. The van der Waals surface area contributed by atoms with Crippen LogP contribution < -0.4 is 14.2 Å². The highest BCUT2D eigenvalue weighted by atomic mass is 35.5. The van der Waals surface area contributed by atoms with Gasteiger partial charge in [0.05, 0.1) is 48.6 Å². The minimum absolute atomic E-state index is 0.0589. The summed E-state index contributed by atoms with van der Waals surface area (Å²) in [6.07, 6.45) is -4.33. The van der Waals surface area contributed by atoms with Crippen molar-refractivity contribution in [1.82, 2.24) is 0 Å².